The summed E-state index contributed by atoms with van der Waals surface area (Å²) in [6.07, 6.45) is 3.85. The molecule has 0 atom stereocenters. The highest BCUT2D eigenvalue weighted by molar-refractivity contribution is 7.11. The van der Waals surface area contributed by atoms with E-state index in [0.29, 0.717) is 12.0 Å². The van der Waals surface area contributed by atoms with E-state index in [1.165, 1.54) is 30.6 Å². The third-order valence-electron chi connectivity index (χ3n) is 3.25. The second-order valence-corrected chi connectivity index (χ2v) is 5.26. The number of nitrogens with one attached hydrogen (secondary N) is 1. The summed E-state index contributed by atoms with van der Waals surface area (Å²) in [7, 11) is 0. The van der Waals surface area contributed by atoms with E-state index >= 15 is 0 Å². The van der Waals surface area contributed by atoms with Gasteiger partial charge >= 0.3 is 5.97 Å². The Bertz CT molecular complexity index is 385. The maximum absolute atomic E-state index is 10.6. The fraction of sp³-hybridized carbons (Fsp3) is 0.636. The number of aromatic nitrogens is 1. The van der Waals surface area contributed by atoms with Gasteiger partial charge in [-0.15, -0.1) is 11.3 Å². The molecule has 1 fully saturated rings. The van der Waals surface area contributed by atoms with E-state index in [0.717, 1.165) is 12.2 Å². The number of nitrogens with zero attached hydrogens (tertiary/aromatic N) is 1. The van der Waals surface area contributed by atoms with Crippen LogP contribution in [0.1, 0.15) is 41.7 Å². The Morgan fingerprint density at radius 2 is 2.44 bits per heavy atom. The Morgan fingerprint density at radius 1 is 1.69 bits per heavy atom. The fourth-order valence-corrected chi connectivity index (χ4v) is 2.43. The summed E-state index contributed by atoms with van der Waals surface area (Å²) in [4.78, 5) is 14.7. The molecule has 1 aromatic rings. The minimum atomic E-state index is -0.941. The number of hydrogen-bond acceptors (Lipinski definition) is 4. The van der Waals surface area contributed by atoms with Crippen LogP contribution >= 0.6 is 11.3 Å². The van der Waals surface area contributed by atoms with Crippen LogP contribution in [-0.2, 0) is 6.54 Å². The number of rotatable bonds is 6. The summed E-state index contributed by atoms with van der Waals surface area (Å²) in [5.74, 6) is -0.941. The number of aromatic carboxylic acids is 1. The molecule has 0 aromatic carbocycles. The van der Waals surface area contributed by atoms with Crippen molar-refractivity contribution in [1.82, 2.24) is 10.3 Å². The maximum Gasteiger partial charge on any atom is 0.365 e. The minimum absolute atomic E-state index is 0.174. The molecular weight excluding hydrogens is 224 g/mol. The third kappa shape index (κ3) is 2.59. The van der Waals surface area contributed by atoms with Gasteiger partial charge in [0.2, 0.25) is 5.01 Å². The van der Waals surface area contributed by atoms with Crippen molar-refractivity contribution in [1.29, 1.82) is 0 Å². The molecule has 0 spiro atoms. The van der Waals surface area contributed by atoms with Crippen molar-refractivity contribution in [3.63, 3.8) is 0 Å². The van der Waals surface area contributed by atoms with Crippen LogP contribution in [0, 0.1) is 5.41 Å². The molecule has 1 aliphatic carbocycles. The first-order chi connectivity index (χ1) is 7.65. The van der Waals surface area contributed by atoms with Crippen molar-refractivity contribution in [2.75, 3.05) is 6.54 Å². The summed E-state index contributed by atoms with van der Waals surface area (Å²) < 4.78 is 0. The quantitative estimate of drug-likeness (QED) is 0.799. The van der Waals surface area contributed by atoms with Crippen LogP contribution in [0.25, 0.3) is 0 Å². The first-order valence-corrected chi connectivity index (χ1v) is 6.42. The summed E-state index contributed by atoms with van der Waals surface area (Å²) in [6, 6.07) is 0. The molecule has 88 valence electrons. The number of carboxylic acids is 1. The Balaban J connectivity index is 1.79. The van der Waals surface area contributed by atoms with E-state index in [4.69, 9.17) is 5.11 Å². The molecule has 1 heterocycles. The number of carbonyl (C=O) groups is 1. The second-order valence-electron chi connectivity index (χ2n) is 4.41. The van der Waals surface area contributed by atoms with E-state index < -0.39 is 5.97 Å². The highest BCUT2D eigenvalue weighted by Gasteiger charge is 2.39. The van der Waals surface area contributed by atoms with Crippen molar-refractivity contribution < 1.29 is 9.90 Å². The number of carboxylic acid groups (broad SMARTS) is 1. The van der Waals surface area contributed by atoms with E-state index in [1.54, 1.807) is 0 Å². The van der Waals surface area contributed by atoms with Gasteiger partial charge in [0.1, 0.15) is 0 Å². The predicted octanol–water partition coefficient (Wildman–Crippen LogP) is 2.12. The zero-order valence-electron chi connectivity index (χ0n) is 9.32. The summed E-state index contributed by atoms with van der Waals surface area (Å²) in [5, 5.41) is 14.1. The Morgan fingerprint density at radius 3 is 2.94 bits per heavy atom. The summed E-state index contributed by atoms with van der Waals surface area (Å²) >= 11 is 1.19. The first kappa shape index (κ1) is 11.5. The lowest BCUT2D eigenvalue weighted by Crippen LogP contribution is -2.23. The Hall–Kier alpha value is -0.940. The molecule has 1 aliphatic rings. The van der Waals surface area contributed by atoms with Gasteiger partial charge in [-0.25, -0.2) is 9.78 Å². The van der Waals surface area contributed by atoms with Crippen LogP contribution in [-0.4, -0.2) is 22.6 Å². The molecule has 0 bridgehead atoms. The molecule has 2 rings (SSSR count). The van der Waals surface area contributed by atoms with E-state index in [2.05, 4.69) is 17.2 Å². The SMILES string of the molecule is CCC1(CNCc2csc(C(=O)O)n2)CC1. The Labute approximate surface area is 98.7 Å². The first-order valence-electron chi connectivity index (χ1n) is 5.54. The molecule has 0 unspecified atom stereocenters. The fourth-order valence-electron chi connectivity index (χ4n) is 1.77. The van der Waals surface area contributed by atoms with Crippen molar-refractivity contribution in [2.45, 2.75) is 32.7 Å². The lowest BCUT2D eigenvalue weighted by Gasteiger charge is -2.12. The molecule has 16 heavy (non-hydrogen) atoms. The van der Waals surface area contributed by atoms with Gasteiger partial charge in [0.05, 0.1) is 5.69 Å². The monoisotopic (exact) mass is 240 g/mol. The largest absolute Gasteiger partial charge is 0.476 e. The predicted molar refractivity (Wildman–Crippen MR) is 62.7 cm³/mol. The van der Waals surface area contributed by atoms with Gasteiger partial charge in [0, 0.05) is 18.5 Å². The second kappa shape index (κ2) is 4.51. The van der Waals surface area contributed by atoms with Crippen LogP contribution in [0.5, 0.6) is 0 Å². The maximum atomic E-state index is 10.6. The van der Waals surface area contributed by atoms with Gasteiger partial charge in [-0.3, -0.25) is 0 Å². The number of thiazole rings is 1. The molecule has 0 saturated heterocycles. The van der Waals surface area contributed by atoms with Crippen molar-refractivity contribution in [3.05, 3.63) is 16.1 Å². The molecule has 2 N–H and O–H groups in total. The molecule has 1 saturated carbocycles. The van der Waals surface area contributed by atoms with Crippen molar-refractivity contribution >= 4 is 17.3 Å². The minimum Gasteiger partial charge on any atom is -0.476 e. The van der Waals surface area contributed by atoms with E-state index in [-0.39, 0.29) is 5.01 Å². The summed E-state index contributed by atoms with van der Waals surface area (Å²) in [5.41, 5.74) is 1.35. The van der Waals surface area contributed by atoms with Gasteiger partial charge < -0.3 is 10.4 Å². The van der Waals surface area contributed by atoms with Crippen LogP contribution in [0.2, 0.25) is 0 Å². The highest BCUT2D eigenvalue weighted by Crippen LogP contribution is 2.47. The van der Waals surface area contributed by atoms with E-state index in [1.807, 2.05) is 5.38 Å². The zero-order valence-corrected chi connectivity index (χ0v) is 10.1. The van der Waals surface area contributed by atoms with Crippen LogP contribution in [0.3, 0.4) is 0 Å². The standard InChI is InChI=1S/C11H16N2O2S/c1-2-11(3-4-11)7-12-5-8-6-16-9(13-8)10(14)15/h6,12H,2-5,7H2,1H3,(H,14,15). The molecule has 0 radical (unpaired) electrons. The zero-order chi connectivity index (χ0) is 11.6. The van der Waals surface area contributed by atoms with Gasteiger partial charge in [-0.05, 0) is 24.7 Å². The van der Waals surface area contributed by atoms with Crippen LogP contribution < -0.4 is 5.32 Å². The molecule has 0 aliphatic heterocycles. The number of hydrogen-bond donors (Lipinski definition) is 2. The summed E-state index contributed by atoms with van der Waals surface area (Å²) in [6.45, 7) is 3.91. The molecule has 5 heteroatoms. The normalized spacial score (nSPS) is 17.3. The molecule has 1 aromatic heterocycles. The van der Waals surface area contributed by atoms with Crippen molar-refractivity contribution in [2.24, 2.45) is 5.41 Å². The highest BCUT2D eigenvalue weighted by atomic mass is 32.1. The molecule has 0 amide bonds. The van der Waals surface area contributed by atoms with Gasteiger partial charge in [-0.2, -0.15) is 0 Å². The average molecular weight is 240 g/mol. The van der Waals surface area contributed by atoms with Gasteiger partial charge in [0.25, 0.3) is 0 Å². The van der Waals surface area contributed by atoms with Gasteiger partial charge in [0.15, 0.2) is 0 Å². The molecule has 4 nitrogen and oxygen atoms in total. The van der Waals surface area contributed by atoms with Crippen molar-refractivity contribution in [3.8, 4) is 0 Å². The Kier molecular flexibility index (Phi) is 3.25. The third-order valence-corrected chi connectivity index (χ3v) is 4.13. The van der Waals surface area contributed by atoms with E-state index in [9.17, 15) is 4.79 Å². The lowest BCUT2D eigenvalue weighted by molar-refractivity contribution is 0.0696. The van der Waals surface area contributed by atoms with Gasteiger partial charge in [-0.1, -0.05) is 6.92 Å². The molecular formula is C11H16N2O2S. The average Bonchev–Trinajstić information content (AvgIpc) is 2.88. The lowest BCUT2D eigenvalue weighted by atomic mass is 10.0. The van der Waals surface area contributed by atoms with Crippen LogP contribution in [0.4, 0.5) is 0 Å². The topological polar surface area (TPSA) is 62.2 Å². The van der Waals surface area contributed by atoms with Crippen LogP contribution in [0.15, 0.2) is 5.38 Å². The smallest absolute Gasteiger partial charge is 0.365 e.